The van der Waals surface area contributed by atoms with Crippen molar-refractivity contribution in [1.29, 1.82) is 0 Å². The smallest absolute Gasteiger partial charge is 0.0322 e. The third kappa shape index (κ3) is 5.11. The van der Waals surface area contributed by atoms with Gasteiger partial charge in [-0.15, -0.1) is 5.56 Å². The zero-order chi connectivity index (χ0) is 9.52. The van der Waals surface area contributed by atoms with Crippen LogP contribution < -0.4 is 0 Å². The van der Waals surface area contributed by atoms with Gasteiger partial charge in [-0.1, -0.05) is 0 Å². The second-order valence-electron chi connectivity index (χ2n) is 2.86. The second kappa shape index (κ2) is 7.67. The maximum atomic E-state index is 8.91. The van der Waals surface area contributed by atoms with Gasteiger partial charge in [-0.2, -0.15) is 12.1 Å². The SMILES string of the molecule is CC(O)[c-]1cccc1.[Ru].[cH-]1[cH-][cH-][cH-][cH-]1. The topological polar surface area (TPSA) is 20.2 Å². The van der Waals surface area contributed by atoms with Gasteiger partial charge in [0.15, 0.2) is 0 Å². The standard InChI is InChI=1S/C7H9O.C5H5.Ru/c1-6(8)7-4-2-3-5-7;1-2-4-5-3-1;/h2-6,8H,1H3;1-5H;/q-1;-5;. The molecule has 0 spiro atoms. The van der Waals surface area contributed by atoms with Gasteiger partial charge < -0.3 is 35.4 Å². The molecule has 0 bridgehead atoms. The first-order valence-corrected chi connectivity index (χ1v) is 4.37. The van der Waals surface area contributed by atoms with E-state index in [4.69, 9.17) is 5.11 Å². The van der Waals surface area contributed by atoms with Gasteiger partial charge >= 0.3 is 0 Å². The summed E-state index contributed by atoms with van der Waals surface area (Å²) in [5, 5.41) is 8.91. The molecule has 1 N–H and O–H groups in total. The van der Waals surface area contributed by atoms with Crippen molar-refractivity contribution in [2.45, 2.75) is 13.0 Å². The zero-order valence-electron chi connectivity index (χ0n) is 8.07. The predicted octanol–water partition coefficient (Wildman–Crippen LogP) is 2.86. The molecule has 0 saturated carbocycles. The predicted molar refractivity (Wildman–Crippen MR) is 54.7 cm³/mol. The van der Waals surface area contributed by atoms with E-state index in [1.807, 2.05) is 54.6 Å². The van der Waals surface area contributed by atoms with Crippen LogP contribution in [0.3, 0.4) is 0 Å². The first-order valence-electron chi connectivity index (χ1n) is 4.37. The van der Waals surface area contributed by atoms with Gasteiger partial charge in [0.05, 0.1) is 0 Å². The number of aliphatic hydroxyl groups excluding tert-OH is 1. The fraction of sp³-hybridized carbons (Fsp3) is 0.167. The molecule has 1 atom stereocenters. The molecule has 1 nitrogen and oxygen atoms in total. The van der Waals surface area contributed by atoms with Gasteiger partial charge in [0.1, 0.15) is 0 Å². The van der Waals surface area contributed by atoms with Crippen LogP contribution in [0, 0.1) is 0 Å². The van der Waals surface area contributed by atoms with Crippen molar-refractivity contribution in [2.75, 3.05) is 0 Å². The van der Waals surface area contributed by atoms with Crippen molar-refractivity contribution >= 4 is 0 Å². The molecule has 2 rings (SSSR count). The maximum absolute atomic E-state index is 8.91. The summed E-state index contributed by atoms with van der Waals surface area (Å²) in [4.78, 5) is 0. The summed E-state index contributed by atoms with van der Waals surface area (Å²) in [5.41, 5.74) is 0.991. The van der Waals surface area contributed by atoms with E-state index in [0.717, 1.165) is 5.56 Å². The van der Waals surface area contributed by atoms with E-state index in [-0.39, 0.29) is 25.6 Å². The molecular formula is C12H14ORu-6. The maximum Gasteiger partial charge on any atom is 0.0322 e. The third-order valence-corrected chi connectivity index (χ3v) is 1.73. The van der Waals surface area contributed by atoms with Crippen molar-refractivity contribution in [3.8, 4) is 0 Å². The van der Waals surface area contributed by atoms with Gasteiger partial charge in [-0.3, -0.25) is 0 Å². The Balaban J connectivity index is 0.000000246. The molecule has 0 aliphatic rings. The molecule has 0 amide bonds. The zero-order valence-corrected chi connectivity index (χ0v) is 9.81. The summed E-state index contributed by atoms with van der Waals surface area (Å²) in [7, 11) is 0. The van der Waals surface area contributed by atoms with E-state index in [9.17, 15) is 0 Å². The largest absolute Gasteiger partial charge is 0.748 e. The first-order chi connectivity index (χ1) is 6.30. The Bertz CT molecular complexity index is 265. The second-order valence-corrected chi connectivity index (χ2v) is 2.86. The fourth-order valence-electron chi connectivity index (χ4n) is 0.988. The molecule has 14 heavy (non-hydrogen) atoms. The van der Waals surface area contributed by atoms with E-state index in [1.54, 1.807) is 6.92 Å². The Morgan fingerprint density at radius 1 is 1.00 bits per heavy atom. The van der Waals surface area contributed by atoms with Crippen LogP contribution in [0.2, 0.25) is 0 Å². The van der Waals surface area contributed by atoms with Gasteiger partial charge in [-0.25, -0.2) is 12.1 Å². The van der Waals surface area contributed by atoms with Crippen LogP contribution in [0.25, 0.3) is 0 Å². The molecule has 0 aromatic heterocycles. The first kappa shape index (κ1) is 13.3. The number of hydrogen-bond acceptors (Lipinski definition) is 1. The van der Waals surface area contributed by atoms with Gasteiger partial charge in [0.25, 0.3) is 0 Å². The summed E-state index contributed by atoms with van der Waals surface area (Å²) in [6, 6.07) is 17.7. The summed E-state index contributed by atoms with van der Waals surface area (Å²) in [5.74, 6) is 0. The quantitative estimate of drug-likeness (QED) is 0.627. The van der Waals surface area contributed by atoms with E-state index in [2.05, 4.69) is 0 Å². The molecular weight excluding hydrogens is 261 g/mol. The monoisotopic (exact) mass is 276 g/mol. The van der Waals surface area contributed by atoms with Crippen LogP contribution >= 0.6 is 0 Å². The molecule has 0 radical (unpaired) electrons. The van der Waals surface area contributed by atoms with Crippen LogP contribution in [-0.4, -0.2) is 5.11 Å². The van der Waals surface area contributed by atoms with Crippen LogP contribution in [0.4, 0.5) is 0 Å². The Labute approximate surface area is 97.9 Å². The van der Waals surface area contributed by atoms with Crippen LogP contribution in [0.15, 0.2) is 54.6 Å². The molecule has 0 aliphatic carbocycles. The average Bonchev–Trinajstić information content (AvgIpc) is 2.82. The molecule has 2 aromatic carbocycles. The van der Waals surface area contributed by atoms with E-state index < -0.39 is 0 Å². The average molecular weight is 275 g/mol. The third-order valence-electron chi connectivity index (χ3n) is 1.73. The number of aliphatic hydroxyl groups is 1. The molecule has 0 aliphatic heterocycles. The minimum absolute atomic E-state index is 0. The minimum Gasteiger partial charge on any atom is -0.748 e. The summed E-state index contributed by atoms with van der Waals surface area (Å²) in [6.07, 6.45) is -0.315. The Hall–Kier alpha value is -0.717. The van der Waals surface area contributed by atoms with E-state index in [0.29, 0.717) is 0 Å². The Kier molecular flexibility index (Phi) is 7.27. The molecule has 2 aromatic rings. The van der Waals surface area contributed by atoms with Crippen molar-refractivity contribution in [3.05, 3.63) is 60.2 Å². The van der Waals surface area contributed by atoms with Gasteiger partial charge in [-0.05, 0) is 6.92 Å². The molecule has 82 valence electrons. The summed E-state index contributed by atoms with van der Waals surface area (Å²) in [6.45, 7) is 1.76. The van der Waals surface area contributed by atoms with Crippen molar-refractivity contribution in [3.63, 3.8) is 0 Å². The molecule has 0 fully saturated rings. The van der Waals surface area contributed by atoms with Crippen molar-refractivity contribution < 1.29 is 24.6 Å². The minimum atomic E-state index is -0.315. The Morgan fingerprint density at radius 3 is 1.57 bits per heavy atom. The molecule has 0 heterocycles. The normalized spacial score (nSPS) is 10.7. The van der Waals surface area contributed by atoms with Gasteiger partial charge in [0.2, 0.25) is 0 Å². The van der Waals surface area contributed by atoms with Crippen LogP contribution in [0.1, 0.15) is 18.6 Å². The van der Waals surface area contributed by atoms with E-state index in [1.165, 1.54) is 0 Å². The van der Waals surface area contributed by atoms with Gasteiger partial charge in [0, 0.05) is 25.6 Å². The molecule has 2 heteroatoms. The van der Waals surface area contributed by atoms with Crippen molar-refractivity contribution in [1.82, 2.24) is 0 Å². The number of hydrogen-bond donors (Lipinski definition) is 1. The van der Waals surface area contributed by atoms with Crippen molar-refractivity contribution in [2.24, 2.45) is 0 Å². The van der Waals surface area contributed by atoms with E-state index >= 15 is 0 Å². The summed E-state index contributed by atoms with van der Waals surface area (Å²) < 4.78 is 0. The van der Waals surface area contributed by atoms with Crippen LogP contribution in [0.5, 0.6) is 0 Å². The summed E-state index contributed by atoms with van der Waals surface area (Å²) >= 11 is 0. The van der Waals surface area contributed by atoms with Crippen LogP contribution in [-0.2, 0) is 19.5 Å². The molecule has 1 unspecified atom stereocenters. The number of rotatable bonds is 1. The Morgan fingerprint density at radius 2 is 1.36 bits per heavy atom. The fourth-order valence-corrected chi connectivity index (χ4v) is 0.988. The molecule has 0 saturated heterocycles.